The highest BCUT2D eigenvalue weighted by Crippen LogP contribution is 2.38. The van der Waals surface area contributed by atoms with Crippen LogP contribution in [0.4, 0.5) is 0 Å². The molecular formula is C20H24O5. The van der Waals surface area contributed by atoms with Crippen molar-refractivity contribution < 1.29 is 24.1 Å². The Hall–Kier alpha value is -2.69. The van der Waals surface area contributed by atoms with Crippen LogP contribution in [0.5, 0.6) is 17.2 Å². The van der Waals surface area contributed by atoms with Gasteiger partial charge in [-0.3, -0.25) is 0 Å². The molecule has 0 spiro atoms. The van der Waals surface area contributed by atoms with Crippen LogP contribution in [-0.2, 0) is 12.8 Å². The van der Waals surface area contributed by atoms with E-state index in [4.69, 9.17) is 19.3 Å². The molecule has 0 radical (unpaired) electrons. The zero-order valence-corrected chi connectivity index (χ0v) is 15.1. The number of aromatic carboxylic acids is 1. The van der Waals surface area contributed by atoms with E-state index >= 15 is 0 Å². The molecule has 0 aliphatic heterocycles. The van der Waals surface area contributed by atoms with Gasteiger partial charge >= 0.3 is 5.97 Å². The molecule has 5 nitrogen and oxygen atoms in total. The standard InChI is InChI=1S/C20H24O5/c1-13-10-14(8-9-16(13)20(21)22)6-5-7-15-11-17(23-2)19(25-4)18(12-15)24-3/h8-12H,5-7H2,1-4H3,(H,21,22). The summed E-state index contributed by atoms with van der Waals surface area (Å²) in [6.07, 6.45) is 2.67. The Balaban J connectivity index is 2.07. The van der Waals surface area contributed by atoms with Crippen molar-refractivity contribution in [2.24, 2.45) is 0 Å². The van der Waals surface area contributed by atoms with Crippen molar-refractivity contribution in [3.8, 4) is 17.2 Å². The fourth-order valence-corrected chi connectivity index (χ4v) is 2.90. The number of rotatable bonds is 8. The highest BCUT2D eigenvalue weighted by molar-refractivity contribution is 5.89. The van der Waals surface area contributed by atoms with E-state index in [1.54, 1.807) is 27.4 Å². The predicted molar refractivity (Wildman–Crippen MR) is 96.3 cm³/mol. The average molecular weight is 344 g/mol. The first kappa shape index (κ1) is 18.6. The summed E-state index contributed by atoms with van der Waals surface area (Å²) in [5.41, 5.74) is 3.38. The van der Waals surface area contributed by atoms with Crippen molar-refractivity contribution in [1.82, 2.24) is 0 Å². The SMILES string of the molecule is COc1cc(CCCc2ccc(C(=O)O)c(C)c2)cc(OC)c1OC. The van der Waals surface area contributed by atoms with Gasteiger partial charge in [0.15, 0.2) is 11.5 Å². The van der Waals surface area contributed by atoms with Crippen molar-refractivity contribution in [3.05, 3.63) is 52.6 Å². The molecule has 134 valence electrons. The predicted octanol–water partition coefficient (Wildman–Crippen LogP) is 3.89. The van der Waals surface area contributed by atoms with Gasteiger partial charge < -0.3 is 19.3 Å². The van der Waals surface area contributed by atoms with Gasteiger partial charge in [-0.2, -0.15) is 0 Å². The first-order valence-corrected chi connectivity index (χ1v) is 8.11. The van der Waals surface area contributed by atoms with Gasteiger partial charge in [-0.15, -0.1) is 0 Å². The van der Waals surface area contributed by atoms with Crippen LogP contribution in [-0.4, -0.2) is 32.4 Å². The molecule has 0 atom stereocenters. The Labute approximate surface area is 148 Å². The van der Waals surface area contributed by atoms with Crippen molar-refractivity contribution in [2.45, 2.75) is 26.2 Å². The molecule has 0 aliphatic carbocycles. The summed E-state index contributed by atoms with van der Waals surface area (Å²) in [5.74, 6) is 1.01. The Morgan fingerprint density at radius 1 is 0.920 bits per heavy atom. The summed E-state index contributed by atoms with van der Waals surface area (Å²) >= 11 is 0. The summed E-state index contributed by atoms with van der Waals surface area (Å²) in [6.45, 7) is 1.83. The summed E-state index contributed by atoms with van der Waals surface area (Å²) in [4.78, 5) is 11.1. The van der Waals surface area contributed by atoms with Crippen molar-refractivity contribution in [3.63, 3.8) is 0 Å². The summed E-state index contributed by atoms with van der Waals surface area (Å²) in [7, 11) is 4.80. The summed E-state index contributed by atoms with van der Waals surface area (Å²) in [5, 5.41) is 9.09. The van der Waals surface area contributed by atoms with Gasteiger partial charge in [0.1, 0.15) is 0 Å². The van der Waals surface area contributed by atoms with E-state index in [-0.39, 0.29) is 0 Å². The largest absolute Gasteiger partial charge is 0.493 e. The third-order valence-corrected chi connectivity index (χ3v) is 4.18. The summed E-state index contributed by atoms with van der Waals surface area (Å²) < 4.78 is 16.1. The van der Waals surface area contributed by atoms with Gasteiger partial charge in [-0.05, 0) is 61.1 Å². The molecule has 0 amide bonds. The second kappa shape index (κ2) is 8.42. The molecule has 0 fully saturated rings. The first-order chi connectivity index (χ1) is 12.0. The second-order valence-corrected chi connectivity index (χ2v) is 5.84. The Morgan fingerprint density at radius 3 is 2.00 bits per heavy atom. The molecule has 0 bridgehead atoms. The molecule has 0 saturated heterocycles. The summed E-state index contributed by atoms with van der Waals surface area (Å²) in [6, 6.07) is 9.41. The van der Waals surface area contributed by atoms with Crippen LogP contribution < -0.4 is 14.2 Å². The van der Waals surface area contributed by atoms with E-state index < -0.39 is 5.97 Å². The molecule has 0 aliphatic rings. The number of ether oxygens (including phenoxy) is 3. The molecule has 2 rings (SSSR count). The Kier molecular flexibility index (Phi) is 6.28. The molecule has 2 aromatic carbocycles. The van der Waals surface area contributed by atoms with E-state index in [2.05, 4.69) is 0 Å². The number of hydrogen-bond acceptors (Lipinski definition) is 4. The zero-order chi connectivity index (χ0) is 18.4. The van der Waals surface area contributed by atoms with Crippen molar-refractivity contribution in [2.75, 3.05) is 21.3 Å². The molecular weight excluding hydrogens is 320 g/mol. The molecule has 5 heteroatoms. The van der Waals surface area contributed by atoms with Gasteiger partial charge in [0.05, 0.1) is 26.9 Å². The maximum atomic E-state index is 11.1. The lowest BCUT2D eigenvalue weighted by Crippen LogP contribution is -2.01. The van der Waals surface area contributed by atoms with Crippen LogP contribution in [0.25, 0.3) is 0 Å². The molecule has 1 N–H and O–H groups in total. The molecule has 25 heavy (non-hydrogen) atoms. The molecule has 0 heterocycles. The number of carboxylic acid groups (broad SMARTS) is 1. The quantitative estimate of drug-likeness (QED) is 0.787. The lowest BCUT2D eigenvalue weighted by Gasteiger charge is -2.14. The van der Waals surface area contributed by atoms with Crippen LogP contribution >= 0.6 is 0 Å². The number of benzene rings is 2. The van der Waals surface area contributed by atoms with Crippen LogP contribution in [0, 0.1) is 6.92 Å². The van der Waals surface area contributed by atoms with Gasteiger partial charge in [0.2, 0.25) is 5.75 Å². The van der Waals surface area contributed by atoms with Crippen molar-refractivity contribution >= 4 is 5.97 Å². The number of carbonyl (C=O) groups is 1. The average Bonchev–Trinajstić information content (AvgIpc) is 2.60. The number of aryl methyl sites for hydroxylation is 3. The number of carboxylic acids is 1. The maximum Gasteiger partial charge on any atom is 0.335 e. The van der Waals surface area contributed by atoms with Gasteiger partial charge in [0, 0.05) is 0 Å². The van der Waals surface area contributed by atoms with Crippen LogP contribution in [0.2, 0.25) is 0 Å². The van der Waals surface area contributed by atoms with Crippen LogP contribution in [0.15, 0.2) is 30.3 Å². The Morgan fingerprint density at radius 2 is 1.52 bits per heavy atom. The lowest BCUT2D eigenvalue weighted by atomic mass is 9.99. The van der Waals surface area contributed by atoms with Gasteiger partial charge in [0.25, 0.3) is 0 Å². The third-order valence-electron chi connectivity index (χ3n) is 4.18. The smallest absolute Gasteiger partial charge is 0.335 e. The number of hydrogen-bond donors (Lipinski definition) is 1. The molecule has 0 aromatic heterocycles. The van der Waals surface area contributed by atoms with Crippen LogP contribution in [0.1, 0.15) is 33.5 Å². The van der Waals surface area contributed by atoms with E-state index in [1.165, 1.54) is 0 Å². The van der Waals surface area contributed by atoms with Crippen molar-refractivity contribution in [1.29, 1.82) is 0 Å². The number of methoxy groups -OCH3 is 3. The minimum atomic E-state index is -0.888. The van der Waals surface area contributed by atoms with E-state index in [1.807, 2.05) is 31.2 Å². The third kappa shape index (κ3) is 4.44. The monoisotopic (exact) mass is 344 g/mol. The maximum absolute atomic E-state index is 11.1. The highest BCUT2D eigenvalue weighted by atomic mass is 16.5. The normalized spacial score (nSPS) is 10.4. The minimum absolute atomic E-state index is 0.355. The molecule has 2 aromatic rings. The fraction of sp³-hybridized carbons (Fsp3) is 0.350. The van der Waals surface area contributed by atoms with E-state index in [0.29, 0.717) is 22.8 Å². The van der Waals surface area contributed by atoms with Gasteiger partial charge in [-0.25, -0.2) is 4.79 Å². The van der Waals surface area contributed by atoms with E-state index in [9.17, 15) is 4.79 Å². The van der Waals surface area contributed by atoms with Gasteiger partial charge in [-0.1, -0.05) is 12.1 Å². The molecule has 0 saturated carbocycles. The highest BCUT2D eigenvalue weighted by Gasteiger charge is 2.13. The molecule has 0 unspecified atom stereocenters. The minimum Gasteiger partial charge on any atom is -0.493 e. The van der Waals surface area contributed by atoms with E-state index in [0.717, 1.165) is 36.0 Å². The fourth-order valence-electron chi connectivity index (χ4n) is 2.90. The topological polar surface area (TPSA) is 65.0 Å². The lowest BCUT2D eigenvalue weighted by molar-refractivity contribution is 0.0696. The zero-order valence-electron chi connectivity index (χ0n) is 15.1. The first-order valence-electron chi connectivity index (χ1n) is 8.11. The Bertz CT molecular complexity index is 727. The van der Waals surface area contributed by atoms with Crippen LogP contribution in [0.3, 0.4) is 0 Å². The second-order valence-electron chi connectivity index (χ2n) is 5.84.